The molecule has 1 heterocycles. The molecule has 0 bridgehead atoms. The monoisotopic (exact) mass is 565 g/mol. The third kappa shape index (κ3) is 4.43. The van der Waals surface area contributed by atoms with Crippen molar-refractivity contribution in [3.63, 3.8) is 0 Å². The summed E-state index contributed by atoms with van der Waals surface area (Å²) in [7, 11) is 0. The molecule has 0 aliphatic heterocycles. The minimum absolute atomic E-state index is 0.00830. The predicted octanol–water partition coefficient (Wildman–Crippen LogP) is 10.2. The summed E-state index contributed by atoms with van der Waals surface area (Å²) in [5.74, 6) is 0.724. The van der Waals surface area contributed by atoms with E-state index in [0.29, 0.717) is 0 Å². The Bertz CT molecular complexity index is 1970. The van der Waals surface area contributed by atoms with E-state index in [9.17, 15) is 5.26 Å². The van der Waals surface area contributed by atoms with Gasteiger partial charge in [-0.05, 0) is 70.5 Å². The first-order valence-corrected chi connectivity index (χ1v) is 15.5. The van der Waals surface area contributed by atoms with Crippen LogP contribution in [0.2, 0.25) is 0 Å². The van der Waals surface area contributed by atoms with Gasteiger partial charge in [-0.2, -0.15) is 5.26 Å². The quantitative estimate of drug-likeness (QED) is 0.214. The highest BCUT2D eigenvalue weighted by Gasteiger charge is 2.44. The van der Waals surface area contributed by atoms with Crippen molar-refractivity contribution in [3.8, 4) is 62.2 Å². The zero-order chi connectivity index (χ0) is 29.5. The Labute approximate surface area is 258 Å². The lowest BCUT2D eigenvalue weighted by Crippen LogP contribution is -2.28. The van der Waals surface area contributed by atoms with Crippen molar-refractivity contribution < 1.29 is 0 Å². The van der Waals surface area contributed by atoms with Crippen LogP contribution in [0.15, 0.2) is 127 Å². The molecule has 210 valence electrons. The van der Waals surface area contributed by atoms with Crippen LogP contribution in [0.25, 0.3) is 56.2 Å². The van der Waals surface area contributed by atoms with Crippen molar-refractivity contribution in [1.29, 1.82) is 5.26 Å². The molecule has 0 amide bonds. The number of rotatable bonds is 4. The van der Waals surface area contributed by atoms with Crippen LogP contribution < -0.4 is 0 Å². The van der Waals surface area contributed by atoms with Gasteiger partial charge in [0, 0.05) is 22.1 Å². The summed E-state index contributed by atoms with van der Waals surface area (Å²) < 4.78 is 0. The minimum atomic E-state index is 0.00830. The Hall–Kier alpha value is -5.33. The zero-order valence-corrected chi connectivity index (χ0v) is 24.5. The highest BCUT2D eigenvalue weighted by atomic mass is 14.9. The van der Waals surface area contributed by atoms with E-state index in [-0.39, 0.29) is 5.41 Å². The van der Waals surface area contributed by atoms with Gasteiger partial charge >= 0.3 is 0 Å². The number of hydrogen-bond acceptors (Lipinski definition) is 3. The lowest BCUT2D eigenvalue weighted by Gasteiger charge is -2.36. The third-order valence-electron chi connectivity index (χ3n) is 9.54. The summed E-state index contributed by atoms with van der Waals surface area (Å²) in [6.45, 7) is 0. The molecule has 0 atom stereocenters. The number of nitriles is 1. The van der Waals surface area contributed by atoms with E-state index >= 15 is 0 Å². The maximum absolute atomic E-state index is 9.66. The molecule has 0 unspecified atom stereocenters. The van der Waals surface area contributed by atoms with Crippen molar-refractivity contribution >= 4 is 0 Å². The standard InChI is InChI=1S/C41H31N3/c42-27-28-14-20-34-35-21-19-33(25-37(35)41(36(34)24-28)22-8-3-9-23-41)29-15-17-31(18-16-29)39-26-38(30-10-4-1-5-11-30)43-40(44-39)32-12-6-2-7-13-32/h1-2,4-7,10-21,24-26H,3,8-9,22-23H2. The van der Waals surface area contributed by atoms with Crippen LogP contribution in [0.4, 0.5) is 0 Å². The highest BCUT2D eigenvalue weighted by Crippen LogP contribution is 2.56. The summed E-state index contributed by atoms with van der Waals surface area (Å²) in [5.41, 5.74) is 13.5. The zero-order valence-electron chi connectivity index (χ0n) is 24.5. The van der Waals surface area contributed by atoms with Crippen LogP contribution in [-0.4, -0.2) is 9.97 Å². The van der Waals surface area contributed by atoms with Gasteiger partial charge in [-0.3, -0.25) is 0 Å². The van der Waals surface area contributed by atoms with Crippen LogP contribution in [0.1, 0.15) is 48.8 Å². The first-order valence-electron chi connectivity index (χ1n) is 15.5. The van der Waals surface area contributed by atoms with Gasteiger partial charge in [0.05, 0.1) is 23.0 Å². The van der Waals surface area contributed by atoms with E-state index in [0.717, 1.165) is 52.3 Å². The van der Waals surface area contributed by atoms with Gasteiger partial charge in [0.2, 0.25) is 0 Å². The SMILES string of the molecule is N#Cc1ccc2c(c1)C1(CCCCC1)c1cc(-c3ccc(-c4cc(-c5ccccc5)nc(-c5ccccc5)n4)cc3)ccc1-2. The topological polar surface area (TPSA) is 49.6 Å². The molecule has 1 spiro atoms. The van der Waals surface area contributed by atoms with Gasteiger partial charge in [-0.15, -0.1) is 0 Å². The summed E-state index contributed by atoms with van der Waals surface area (Å²) in [4.78, 5) is 9.95. The van der Waals surface area contributed by atoms with Crippen molar-refractivity contribution in [2.24, 2.45) is 0 Å². The average Bonchev–Trinajstić information content (AvgIpc) is 3.36. The van der Waals surface area contributed by atoms with Gasteiger partial charge in [0.25, 0.3) is 0 Å². The van der Waals surface area contributed by atoms with Gasteiger partial charge in [0.15, 0.2) is 5.82 Å². The van der Waals surface area contributed by atoms with Gasteiger partial charge in [-0.1, -0.05) is 122 Å². The predicted molar refractivity (Wildman–Crippen MR) is 178 cm³/mol. The summed E-state index contributed by atoms with van der Waals surface area (Å²) >= 11 is 0. The van der Waals surface area contributed by atoms with Gasteiger partial charge in [-0.25, -0.2) is 9.97 Å². The van der Waals surface area contributed by atoms with Crippen molar-refractivity contribution in [1.82, 2.24) is 9.97 Å². The summed E-state index contributed by atoms with van der Waals surface area (Å²) in [6.07, 6.45) is 6.02. The molecule has 5 aromatic carbocycles. The molecule has 8 rings (SSSR count). The van der Waals surface area contributed by atoms with Crippen molar-refractivity contribution in [3.05, 3.63) is 144 Å². The van der Waals surface area contributed by atoms with Crippen LogP contribution in [-0.2, 0) is 5.41 Å². The van der Waals surface area contributed by atoms with Gasteiger partial charge < -0.3 is 0 Å². The second-order valence-corrected chi connectivity index (χ2v) is 12.0. The average molecular weight is 566 g/mol. The molecule has 3 nitrogen and oxygen atoms in total. The molecule has 44 heavy (non-hydrogen) atoms. The Balaban J connectivity index is 1.18. The van der Waals surface area contributed by atoms with Crippen LogP contribution in [0.5, 0.6) is 0 Å². The number of aromatic nitrogens is 2. The lowest BCUT2D eigenvalue weighted by molar-refractivity contribution is 0.353. The van der Waals surface area contributed by atoms with E-state index in [4.69, 9.17) is 9.97 Å². The molecular formula is C41H31N3. The molecule has 6 aromatic rings. The van der Waals surface area contributed by atoms with E-state index in [1.165, 1.54) is 52.6 Å². The first kappa shape index (κ1) is 26.3. The Morgan fingerprint density at radius 3 is 1.70 bits per heavy atom. The largest absolute Gasteiger partial charge is 0.228 e. The maximum atomic E-state index is 9.66. The molecule has 3 heteroatoms. The fraction of sp³-hybridized carbons (Fsp3) is 0.146. The molecular weight excluding hydrogens is 534 g/mol. The number of hydrogen-bond donors (Lipinski definition) is 0. The number of benzene rings is 5. The van der Waals surface area contributed by atoms with E-state index in [1.807, 2.05) is 42.5 Å². The smallest absolute Gasteiger partial charge is 0.160 e. The molecule has 1 saturated carbocycles. The first-order chi connectivity index (χ1) is 21.7. The molecule has 0 saturated heterocycles. The number of nitrogens with zero attached hydrogens (tertiary/aromatic N) is 3. The Morgan fingerprint density at radius 1 is 0.500 bits per heavy atom. The molecule has 1 fully saturated rings. The molecule has 0 N–H and O–H groups in total. The van der Waals surface area contributed by atoms with Crippen LogP contribution >= 0.6 is 0 Å². The fourth-order valence-electron chi connectivity index (χ4n) is 7.34. The summed E-state index contributed by atoms with van der Waals surface area (Å²) in [6, 6.07) is 47.0. The molecule has 2 aliphatic carbocycles. The Morgan fingerprint density at radius 2 is 1.05 bits per heavy atom. The van der Waals surface area contributed by atoms with E-state index in [2.05, 4.69) is 91.0 Å². The molecule has 0 radical (unpaired) electrons. The third-order valence-corrected chi connectivity index (χ3v) is 9.54. The van der Waals surface area contributed by atoms with E-state index in [1.54, 1.807) is 0 Å². The Kier molecular flexibility index (Phi) is 6.42. The normalized spacial score (nSPS) is 14.5. The fourth-order valence-corrected chi connectivity index (χ4v) is 7.34. The summed E-state index contributed by atoms with van der Waals surface area (Å²) in [5, 5.41) is 9.66. The van der Waals surface area contributed by atoms with Gasteiger partial charge in [0.1, 0.15) is 0 Å². The number of fused-ring (bicyclic) bond motifs is 5. The molecule has 1 aromatic heterocycles. The lowest BCUT2D eigenvalue weighted by atomic mass is 9.67. The highest BCUT2D eigenvalue weighted by molar-refractivity contribution is 5.85. The second kappa shape index (κ2) is 10.7. The minimum Gasteiger partial charge on any atom is -0.228 e. The second-order valence-electron chi connectivity index (χ2n) is 12.0. The van der Waals surface area contributed by atoms with Crippen LogP contribution in [0, 0.1) is 11.3 Å². The molecule has 2 aliphatic rings. The van der Waals surface area contributed by atoms with Crippen molar-refractivity contribution in [2.75, 3.05) is 0 Å². The van der Waals surface area contributed by atoms with E-state index < -0.39 is 0 Å². The van der Waals surface area contributed by atoms with Crippen molar-refractivity contribution in [2.45, 2.75) is 37.5 Å². The van der Waals surface area contributed by atoms with Crippen LogP contribution in [0.3, 0.4) is 0 Å². The maximum Gasteiger partial charge on any atom is 0.160 e.